The number of nitrogens with zero attached hydrogens (tertiary/aromatic N) is 1. The zero-order valence-electron chi connectivity index (χ0n) is 14.0. The van der Waals surface area contributed by atoms with E-state index in [9.17, 15) is 4.79 Å². The first-order valence-corrected chi connectivity index (χ1v) is 9.41. The van der Waals surface area contributed by atoms with Gasteiger partial charge in [-0.1, -0.05) is 29.8 Å². The lowest BCUT2D eigenvalue weighted by atomic mass is 9.97. The Bertz CT molecular complexity index is 699. The summed E-state index contributed by atoms with van der Waals surface area (Å²) in [4.78, 5) is 16.0. The lowest BCUT2D eigenvalue weighted by Crippen LogP contribution is -2.56. The van der Waals surface area contributed by atoms with Crippen molar-refractivity contribution in [1.82, 2.24) is 4.90 Å². The van der Waals surface area contributed by atoms with E-state index in [4.69, 9.17) is 16.3 Å². The number of rotatable bonds is 4. The zero-order valence-corrected chi connectivity index (χ0v) is 15.6. The molecule has 0 aliphatic carbocycles. The number of hydrogen-bond acceptors (Lipinski definition) is 3. The molecular weight excluding hydrogens is 342 g/mol. The van der Waals surface area contributed by atoms with E-state index in [0.29, 0.717) is 24.6 Å². The third-order valence-corrected chi connectivity index (χ3v) is 5.57. The Hall–Kier alpha value is -1.36. The van der Waals surface area contributed by atoms with Crippen molar-refractivity contribution in [2.75, 3.05) is 13.2 Å². The average molecular weight is 364 g/mol. The molecule has 0 N–H and O–H groups in total. The summed E-state index contributed by atoms with van der Waals surface area (Å²) in [5, 5.41) is 2.74. The number of carbonyl (C=O) groups excluding carboxylic acids is 1. The highest BCUT2D eigenvalue weighted by molar-refractivity contribution is 7.09. The Labute approximate surface area is 152 Å². The van der Waals surface area contributed by atoms with Gasteiger partial charge in [0.25, 0.3) is 0 Å². The Kier molecular flexibility index (Phi) is 5.28. The molecule has 5 heteroatoms. The Morgan fingerprint density at radius 2 is 2.21 bits per heavy atom. The van der Waals surface area contributed by atoms with Gasteiger partial charge in [0, 0.05) is 16.3 Å². The maximum absolute atomic E-state index is 12.8. The quantitative estimate of drug-likeness (QED) is 0.787. The van der Waals surface area contributed by atoms with Gasteiger partial charge in [0.1, 0.15) is 6.10 Å². The topological polar surface area (TPSA) is 29.5 Å². The van der Waals surface area contributed by atoms with Crippen molar-refractivity contribution in [3.63, 3.8) is 0 Å². The van der Waals surface area contributed by atoms with Crippen LogP contribution in [-0.4, -0.2) is 29.5 Å². The first-order valence-electron chi connectivity index (χ1n) is 8.16. The van der Waals surface area contributed by atoms with Crippen LogP contribution < -0.4 is 0 Å². The predicted octanol–water partition coefficient (Wildman–Crippen LogP) is 4.71. The van der Waals surface area contributed by atoms with Gasteiger partial charge < -0.3 is 9.64 Å². The summed E-state index contributed by atoms with van der Waals surface area (Å²) < 4.78 is 6.01. The molecule has 0 saturated carbocycles. The summed E-state index contributed by atoms with van der Waals surface area (Å²) in [6.45, 7) is 5.21. The van der Waals surface area contributed by atoms with Crippen LogP contribution in [0.5, 0.6) is 0 Å². The Morgan fingerprint density at radius 1 is 1.38 bits per heavy atom. The third-order valence-electron chi connectivity index (χ3n) is 4.40. The zero-order chi connectivity index (χ0) is 17.2. The number of aryl methyl sites for hydroxylation is 1. The van der Waals surface area contributed by atoms with E-state index in [1.807, 2.05) is 40.6 Å². The minimum absolute atomic E-state index is 0.123. The maximum Gasteiger partial charge on any atom is 0.223 e. The SMILES string of the molecule is CC1(C)COC(c2cccc(Cl)c2)CN1C(=O)CCc1cccs1. The van der Waals surface area contributed by atoms with Crippen LogP contribution in [-0.2, 0) is 16.0 Å². The number of thiophene rings is 1. The lowest BCUT2D eigenvalue weighted by Gasteiger charge is -2.45. The second-order valence-corrected chi connectivity index (χ2v) is 8.22. The molecule has 1 fully saturated rings. The van der Waals surface area contributed by atoms with Crippen LogP contribution in [0.4, 0.5) is 0 Å². The third kappa shape index (κ3) is 4.00. The lowest BCUT2D eigenvalue weighted by molar-refractivity contribution is -0.154. The second kappa shape index (κ2) is 7.26. The minimum atomic E-state index is -0.290. The van der Waals surface area contributed by atoms with Gasteiger partial charge in [-0.25, -0.2) is 0 Å². The summed E-state index contributed by atoms with van der Waals surface area (Å²) in [6, 6.07) is 11.8. The van der Waals surface area contributed by atoms with E-state index in [0.717, 1.165) is 12.0 Å². The van der Waals surface area contributed by atoms with E-state index in [-0.39, 0.29) is 17.6 Å². The monoisotopic (exact) mass is 363 g/mol. The molecule has 1 atom stereocenters. The number of carbonyl (C=O) groups is 1. The molecule has 3 nitrogen and oxygen atoms in total. The molecule has 3 rings (SSSR count). The van der Waals surface area contributed by atoms with Crippen LogP contribution in [0.25, 0.3) is 0 Å². The molecule has 1 aliphatic rings. The van der Waals surface area contributed by atoms with Gasteiger partial charge in [0.15, 0.2) is 0 Å². The van der Waals surface area contributed by atoms with Crippen molar-refractivity contribution in [2.45, 2.75) is 38.3 Å². The van der Waals surface area contributed by atoms with Crippen LogP contribution in [0.2, 0.25) is 5.02 Å². The summed E-state index contributed by atoms with van der Waals surface area (Å²) >= 11 is 7.79. The van der Waals surface area contributed by atoms with E-state index in [1.165, 1.54) is 4.88 Å². The summed E-state index contributed by atoms with van der Waals surface area (Å²) in [6.07, 6.45) is 1.21. The summed E-state index contributed by atoms with van der Waals surface area (Å²) in [5.41, 5.74) is 0.732. The van der Waals surface area contributed by atoms with Crippen LogP contribution >= 0.6 is 22.9 Å². The molecule has 1 aromatic carbocycles. The van der Waals surface area contributed by atoms with Crippen molar-refractivity contribution in [3.05, 3.63) is 57.2 Å². The van der Waals surface area contributed by atoms with Crippen molar-refractivity contribution in [1.29, 1.82) is 0 Å². The summed E-state index contributed by atoms with van der Waals surface area (Å²) in [7, 11) is 0. The maximum atomic E-state index is 12.8. The highest BCUT2D eigenvalue weighted by atomic mass is 35.5. The normalized spacial score (nSPS) is 20.1. The van der Waals surface area contributed by atoms with Crippen LogP contribution in [0.15, 0.2) is 41.8 Å². The van der Waals surface area contributed by atoms with Crippen LogP contribution in [0, 0.1) is 0 Å². The first kappa shape index (κ1) is 17.5. The molecule has 1 unspecified atom stereocenters. The number of ether oxygens (including phenoxy) is 1. The molecular formula is C19H22ClNO2S. The van der Waals surface area contributed by atoms with Crippen molar-refractivity contribution in [2.24, 2.45) is 0 Å². The van der Waals surface area contributed by atoms with Crippen molar-refractivity contribution >= 4 is 28.8 Å². The Morgan fingerprint density at radius 3 is 2.92 bits per heavy atom. The predicted molar refractivity (Wildman–Crippen MR) is 98.6 cm³/mol. The Balaban J connectivity index is 1.70. The molecule has 1 saturated heterocycles. The van der Waals surface area contributed by atoms with Gasteiger partial charge in [-0.15, -0.1) is 11.3 Å². The highest BCUT2D eigenvalue weighted by Gasteiger charge is 2.38. The number of amides is 1. The minimum Gasteiger partial charge on any atom is -0.369 e. The van der Waals surface area contributed by atoms with Crippen molar-refractivity contribution < 1.29 is 9.53 Å². The van der Waals surface area contributed by atoms with Gasteiger partial charge >= 0.3 is 0 Å². The van der Waals surface area contributed by atoms with Gasteiger partial charge in [0.2, 0.25) is 5.91 Å². The van der Waals surface area contributed by atoms with Gasteiger partial charge in [-0.3, -0.25) is 4.79 Å². The molecule has 2 heterocycles. The standard InChI is InChI=1S/C19H22ClNO2S/c1-19(2)13-23-17(14-5-3-6-15(20)11-14)12-21(19)18(22)9-8-16-7-4-10-24-16/h3-7,10-11,17H,8-9,12-13H2,1-2H3. The number of hydrogen-bond donors (Lipinski definition) is 0. The van der Waals surface area contributed by atoms with E-state index in [2.05, 4.69) is 19.9 Å². The van der Waals surface area contributed by atoms with Crippen LogP contribution in [0.3, 0.4) is 0 Å². The molecule has 128 valence electrons. The molecule has 1 amide bonds. The first-order chi connectivity index (χ1) is 11.5. The average Bonchev–Trinajstić information content (AvgIpc) is 3.06. The fourth-order valence-corrected chi connectivity index (χ4v) is 3.92. The summed E-state index contributed by atoms with van der Waals surface area (Å²) in [5.74, 6) is 0.184. The molecule has 0 radical (unpaired) electrons. The van der Waals surface area contributed by atoms with Gasteiger partial charge in [-0.2, -0.15) is 0 Å². The van der Waals surface area contributed by atoms with Crippen LogP contribution in [0.1, 0.15) is 36.8 Å². The number of benzene rings is 1. The highest BCUT2D eigenvalue weighted by Crippen LogP contribution is 2.32. The molecule has 1 aliphatic heterocycles. The molecule has 1 aromatic heterocycles. The molecule has 0 spiro atoms. The molecule has 2 aromatic rings. The van der Waals surface area contributed by atoms with E-state index >= 15 is 0 Å². The molecule has 24 heavy (non-hydrogen) atoms. The largest absolute Gasteiger partial charge is 0.369 e. The number of morpholine rings is 1. The van der Waals surface area contributed by atoms with Gasteiger partial charge in [-0.05, 0) is 49.4 Å². The van der Waals surface area contributed by atoms with Crippen molar-refractivity contribution in [3.8, 4) is 0 Å². The van der Waals surface area contributed by atoms with Gasteiger partial charge in [0.05, 0.1) is 18.7 Å². The smallest absolute Gasteiger partial charge is 0.223 e. The molecule has 0 bridgehead atoms. The fraction of sp³-hybridized carbons (Fsp3) is 0.421. The van der Waals surface area contributed by atoms with E-state index in [1.54, 1.807) is 11.3 Å². The van der Waals surface area contributed by atoms with E-state index < -0.39 is 0 Å². The fourth-order valence-electron chi connectivity index (χ4n) is 3.02. The number of halogens is 1. The second-order valence-electron chi connectivity index (χ2n) is 6.75.